The number of aromatic carboxylic acids is 1. The zero-order chi connectivity index (χ0) is 83.4. The molecule has 4 aromatic carbocycles. The second kappa shape index (κ2) is 35.2. The van der Waals surface area contributed by atoms with E-state index in [9.17, 15) is 53.7 Å². The molecule has 3 atom stereocenters. The molecule has 11 rings (SSSR count). The van der Waals surface area contributed by atoms with Gasteiger partial charge in [-0.15, -0.1) is 0 Å². The van der Waals surface area contributed by atoms with E-state index in [1.165, 1.54) is 33.3 Å². The van der Waals surface area contributed by atoms with Crippen molar-refractivity contribution in [2.45, 2.75) is 261 Å². The first-order chi connectivity index (χ1) is 52.0. The third kappa shape index (κ3) is 21.5. The van der Waals surface area contributed by atoms with Gasteiger partial charge in [0.15, 0.2) is 46.0 Å². The number of carboxylic acid groups (broad SMARTS) is 1. The van der Waals surface area contributed by atoms with Gasteiger partial charge in [0.1, 0.15) is 16.8 Å². The number of phenols is 2. The highest BCUT2D eigenvalue weighted by Gasteiger charge is 2.51. The highest BCUT2D eigenvalue weighted by atomic mass is 35.5. The number of alkyl carbamates (subject to hydrolysis) is 3. The molecule has 0 spiro atoms. The molecule has 3 saturated carbocycles. The number of phenolic OH excluding ortho intramolecular Hbond substituents is 2. The van der Waals surface area contributed by atoms with Crippen LogP contribution in [0, 0.1) is 59.3 Å². The van der Waals surface area contributed by atoms with Crippen LogP contribution in [0.3, 0.4) is 0 Å². The van der Waals surface area contributed by atoms with Gasteiger partial charge < -0.3 is 93.7 Å². The second-order valence-electron chi connectivity index (χ2n) is 32.5. The van der Waals surface area contributed by atoms with Crippen LogP contribution in [0.5, 0.6) is 46.0 Å². The Morgan fingerprint density at radius 2 is 0.759 bits per heavy atom. The van der Waals surface area contributed by atoms with E-state index in [1.807, 2.05) is 103 Å². The summed E-state index contributed by atoms with van der Waals surface area (Å²) in [6.07, 6.45) is 8.20. The Morgan fingerprint density at radius 3 is 1.09 bits per heavy atom. The molecule has 3 unspecified atom stereocenters. The maximum absolute atomic E-state index is 13.1. The van der Waals surface area contributed by atoms with Crippen LogP contribution in [0.25, 0.3) is 0 Å². The molecule has 31 heteroatoms. The summed E-state index contributed by atoms with van der Waals surface area (Å²) in [5.74, 6) is -3.24. The van der Waals surface area contributed by atoms with E-state index in [2.05, 4.69) is 31.0 Å². The van der Waals surface area contributed by atoms with Gasteiger partial charge >= 0.3 is 36.2 Å². The maximum atomic E-state index is 13.1. The van der Waals surface area contributed by atoms with Gasteiger partial charge in [0.05, 0.1) is 51.0 Å². The van der Waals surface area contributed by atoms with Crippen LogP contribution < -0.4 is 55.2 Å². The normalized spacial score (nSPS) is 22.6. The number of methoxy groups -OCH3 is 2. The minimum absolute atomic E-state index is 0.0218. The van der Waals surface area contributed by atoms with Gasteiger partial charge in [-0.05, 0) is 217 Å². The molecule has 112 heavy (non-hydrogen) atoms. The molecule has 3 fully saturated rings. The van der Waals surface area contributed by atoms with Gasteiger partial charge in [-0.2, -0.15) is 0 Å². The van der Waals surface area contributed by atoms with Gasteiger partial charge in [-0.1, -0.05) is 46.4 Å². The number of carbonyl (C=O) groups is 7. The van der Waals surface area contributed by atoms with Crippen molar-refractivity contribution in [1.29, 1.82) is 0 Å². The number of hydrogen-bond acceptors (Lipinski definition) is 21. The monoisotopic (exact) mass is 1640 g/mol. The van der Waals surface area contributed by atoms with Gasteiger partial charge in [0.2, 0.25) is 0 Å². The van der Waals surface area contributed by atoms with Crippen molar-refractivity contribution < 1.29 is 101 Å². The molecule has 1 aromatic heterocycles. The lowest BCUT2D eigenvalue weighted by Crippen LogP contribution is -2.48. The second-order valence-corrected chi connectivity index (χ2v) is 34.1. The lowest BCUT2D eigenvalue weighted by Gasteiger charge is -2.37. The minimum atomic E-state index is -1.06. The maximum Gasteiger partial charge on any atom is 0.407 e. The lowest BCUT2D eigenvalue weighted by atomic mass is 9.81. The number of amides is 4. The van der Waals surface area contributed by atoms with Crippen LogP contribution in [0.2, 0.25) is 20.1 Å². The number of fused-ring (bicyclic) bond motifs is 3. The molecule has 6 aliphatic rings. The predicted octanol–water partition coefficient (Wildman–Crippen LogP) is 17.2. The molecule has 4 amide bonds. The van der Waals surface area contributed by atoms with Crippen molar-refractivity contribution in [3.05, 3.63) is 122 Å². The van der Waals surface area contributed by atoms with Crippen LogP contribution >= 0.6 is 46.4 Å². The number of benzene rings is 4. The summed E-state index contributed by atoms with van der Waals surface area (Å²) in [5.41, 5.74) is 3.21. The first kappa shape index (κ1) is 88.6. The third-order valence-corrected chi connectivity index (χ3v) is 21.5. The van der Waals surface area contributed by atoms with Crippen LogP contribution in [0.1, 0.15) is 241 Å². The summed E-state index contributed by atoms with van der Waals surface area (Å²) in [4.78, 5) is 99.1. The molecule has 0 bridgehead atoms. The zero-order valence-electron chi connectivity index (χ0n) is 67.2. The molecule has 614 valence electrons. The number of aromatic amines is 1. The summed E-state index contributed by atoms with van der Waals surface area (Å²) in [7, 11) is 2.55. The number of carbonyl (C=O) groups excluding carboxylic acids is 6. The molecule has 8 N–H and O–H groups in total. The first-order valence-corrected chi connectivity index (χ1v) is 38.7. The topological polar surface area (TPSA) is 363 Å². The fraction of sp³-hybridized carbons (Fsp3) is 0.556. The van der Waals surface area contributed by atoms with E-state index in [4.69, 9.17) is 93.8 Å². The van der Waals surface area contributed by atoms with Crippen LogP contribution in [0.15, 0.2) is 35.1 Å². The minimum Gasteiger partial charge on any atom is -0.504 e. The summed E-state index contributed by atoms with van der Waals surface area (Å²) in [6.45, 7) is 32.7. The van der Waals surface area contributed by atoms with E-state index in [1.54, 1.807) is 32.9 Å². The van der Waals surface area contributed by atoms with E-state index < -0.39 is 81.9 Å². The largest absolute Gasteiger partial charge is 0.504 e. The summed E-state index contributed by atoms with van der Waals surface area (Å²) in [5, 5.41) is 40.4. The molecule has 5 aromatic rings. The van der Waals surface area contributed by atoms with Gasteiger partial charge in [-0.25, -0.2) is 28.8 Å². The Morgan fingerprint density at radius 1 is 0.455 bits per heavy atom. The highest BCUT2D eigenvalue weighted by molar-refractivity contribution is 6.34. The van der Waals surface area contributed by atoms with Gasteiger partial charge in [-0.3, -0.25) is 9.59 Å². The SMILES string of the molecule is COC(=O)c1cc(Cl)c(O)c(O)c1C.COC(=O)c1cc(Cl)c2c(c1C)OC(C)(C1CCC(NC(=O)OC(C)(C)C)CC1)O2.Cc1c(C(=O)O)cc(Cl)c2c1OC(C)(C1CCC(NC(=O)OC(C)(C)C)CC1)O2.Cc1cc(C)c(CNC(=O)c2cc(Cl)c3c(c2C)OC(C)(C2CCC(NC(=O)OC(C)(C)C)CC2)O3)c(=O)[nH]1. The fourth-order valence-electron chi connectivity index (χ4n) is 14.4. The number of H-pyrrole nitrogens is 1. The van der Waals surface area contributed by atoms with Crippen LogP contribution in [0.4, 0.5) is 14.4 Å². The van der Waals surface area contributed by atoms with E-state index >= 15 is 0 Å². The Bertz CT molecular complexity index is 4470. The van der Waals surface area contributed by atoms with E-state index in [0.717, 1.165) is 88.3 Å². The van der Waals surface area contributed by atoms with E-state index in [-0.39, 0.29) is 85.6 Å². The number of esters is 2. The smallest absolute Gasteiger partial charge is 0.407 e. The average Bonchev–Trinajstić information content (AvgIpc) is 1.61. The average molecular weight is 1640 g/mol. The molecular formula is C81H105Cl4N5O22. The Kier molecular flexibility index (Phi) is 27.9. The van der Waals surface area contributed by atoms with Crippen molar-refractivity contribution in [3.8, 4) is 46.0 Å². The molecule has 3 aliphatic carbocycles. The predicted molar refractivity (Wildman–Crippen MR) is 420 cm³/mol. The van der Waals surface area contributed by atoms with Gasteiger partial charge in [0.25, 0.3) is 28.8 Å². The van der Waals surface area contributed by atoms with Crippen molar-refractivity contribution in [2.24, 2.45) is 17.8 Å². The number of hydrogen-bond donors (Lipinski definition) is 8. The van der Waals surface area contributed by atoms with Crippen molar-refractivity contribution in [3.63, 3.8) is 0 Å². The van der Waals surface area contributed by atoms with Crippen molar-refractivity contribution in [2.75, 3.05) is 14.2 Å². The number of aromatic nitrogens is 1. The molecule has 3 aliphatic heterocycles. The molecule has 0 radical (unpaired) electrons. The first-order valence-electron chi connectivity index (χ1n) is 37.2. The molecular weight excluding hydrogens is 1540 g/mol. The summed E-state index contributed by atoms with van der Waals surface area (Å²) in [6, 6.07) is 7.76. The summed E-state index contributed by atoms with van der Waals surface area (Å²) < 4.78 is 62.7. The highest BCUT2D eigenvalue weighted by Crippen LogP contribution is 2.55. The van der Waals surface area contributed by atoms with Crippen LogP contribution in [-0.2, 0) is 30.2 Å². The summed E-state index contributed by atoms with van der Waals surface area (Å²) >= 11 is 24.8. The Labute approximate surface area is 672 Å². The van der Waals surface area contributed by atoms with Crippen molar-refractivity contribution in [1.82, 2.24) is 26.3 Å². The number of ether oxygens (including phenoxy) is 11. The molecule has 4 heterocycles. The fourth-order valence-corrected chi connectivity index (χ4v) is 15.3. The number of rotatable bonds is 12. The molecule has 27 nitrogen and oxygen atoms in total. The number of nitrogens with one attached hydrogen (secondary N) is 5. The number of pyridine rings is 1. The van der Waals surface area contributed by atoms with Gasteiger partial charge in [0, 0.05) is 102 Å². The number of aromatic hydroxyl groups is 2. The quantitative estimate of drug-likeness (QED) is 0.0327. The standard InChI is InChI=1S/C29H38ClN3O6.C22H30ClNO6.C21H28ClNO6.C9H9ClO4/c1-15-12-16(2)32-26(35)21(15)14-31-25(34)20-13-22(30)24-23(17(20)3)37-29(7,38-24)18-8-10-19(11-9-18)33-27(36)39-28(4,5)6;1-12-15(19(25)27-6)11-16(23)18-17(12)28-22(5,29-18)13-7-9-14(10-8-13)24-20(26)30-21(2,3)4;1-11-14(18(24)25)10-15(22)17-16(11)27-21(5,28-17)12-6-8-13(9-7-12)23-19(26)29-20(2,3)4;1-4-5(9(13)14-2)3-6(10)8(12)7(4)11/h12-13,18-19H,8-11,14H2,1-7H3,(H,31,34)(H,32,35)(H,33,36);11,13-14H,7-10H2,1-6H3,(H,24,26);10,12-13H,6-9H2,1-5H3,(H,23,26)(H,24,25);3,11-12H,1-2H3. The number of aryl methyl sites for hydroxylation is 2. The van der Waals surface area contributed by atoms with Crippen LogP contribution in [-0.4, -0.2) is 129 Å². The van der Waals surface area contributed by atoms with Crippen molar-refractivity contribution >= 4 is 88.5 Å². The molecule has 0 saturated heterocycles. The Hall–Kier alpha value is -8.92. The lowest BCUT2D eigenvalue weighted by molar-refractivity contribution is -0.121. The number of halogens is 4. The van der Waals surface area contributed by atoms with E-state index in [0.29, 0.717) is 72.9 Å². The Balaban J connectivity index is 0.000000196. The third-order valence-electron chi connectivity index (χ3n) is 20.4. The number of carboxylic acids is 1. The zero-order valence-corrected chi connectivity index (χ0v) is 70.2.